The van der Waals surface area contributed by atoms with Crippen molar-refractivity contribution in [2.24, 2.45) is 0 Å². The van der Waals surface area contributed by atoms with E-state index in [1.807, 2.05) is 24.3 Å². The highest BCUT2D eigenvalue weighted by molar-refractivity contribution is 6.14. The van der Waals surface area contributed by atoms with Gasteiger partial charge in [-0.05, 0) is 88.1 Å². The molecule has 2 heterocycles. The van der Waals surface area contributed by atoms with Crippen LogP contribution in [0.3, 0.4) is 0 Å². The highest BCUT2D eigenvalue weighted by Crippen LogP contribution is 2.46. The van der Waals surface area contributed by atoms with Gasteiger partial charge in [0, 0.05) is 27.4 Å². The topological polar surface area (TPSA) is 29.5 Å². The molecule has 0 saturated heterocycles. The number of anilines is 3. The summed E-state index contributed by atoms with van der Waals surface area (Å²) in [5.41, 5.74) is 11.2. The van der Waals surface area contributed by atoms with Gasteiger partial charge in [-0.3, -0.25) is 0 Å². The van der Waals surface area contributed by atoms with Crippen LogP contribution in [0, 0.1) is 0 Å². The zero-order valence-electron chi connectivity index (χ0n) is 26.5. The summed E-state index contributed by atoms with van der Waals surface area (Å²) in [6.45, 7) is 0. The molecule has 230 valence electrons. The fourth-order valence-corrected chi connectivity index (χ4v) is 7.35. The average molecular weight is 628 g/mol. The summed E-state index contributed by atoms with van der Waals surface area (Å²) in [5, 5.41) is 6.87. The molecule has 3 heteroatoms. The summed E-state index contributed by atoms with van der Waals surface area (Å²) >= 11 is 0. The van der Waals surface area contributed by atoms with E-state index in [0.29, 0.717) is 0 Å². The Labute approximate surface area is 282 Å². The molecule has 0 fully saturated rings. The van der Waals surface area contributed by atoms with Crippen LogP contribution in [0.15, 0.2) is 185 Å². The number of benzene rings is 8. The van der Waals surface area contributed by atoms with Crippen molar-refractivity contribution in [3.05, 3.63) is 176 Å². The lowest BCUT2D eigenvalue weighted by Gasteiger charge is -2.29. The zero-order valence-corrected chi connectivity index (χ0v) is 26.5. The first-order valence-corrected chi connectivity index (χ1v) is 16.6. The van der Waals surface area contributed by atoms with Gasteiger partial charge in [0.25, 0.3) is 0 Å². The maximum Gasteiger partial charge on any atom is 0.137 e. The Morgan fingerprint density at radius 2 is 0.980 bits per heavy atom. The number of hydrogen-bond donors (Lipinski definition) is 0. The molecule has 49 heavy (non-hydrogen) atoms. The van der Waals surface area contributed by atoms with E-state index in [4.69, 9.17) is 8.83 Å². The molecule has 0 saturated carbocycles. The first kappa shape index (κ1) is 27.5. The Morgan fingerprint density at radius 1 is 0.347 bits per heavy atom. The maximum absolute atomic E-state index is 6.40. The minimum absolute atomic E-state index is 0.860. The van der Waals surface area contributed by atoms with Crippen LogP contribution in [0.1, 0.15) is 0 Å². The van der Waals surface area contributed by atoms with Crippen molar-refractivity contribution in [1.29, 1.82) is 0 Å². The largest absolute Gasteiger partial charge is 0.456 e. The summed E-state index contributed by atoms with van der Waals surface area (Å²) in [4.78, 5) is 2.39. The number of fused-ring (bicyclic) bond motifs is 7. The molecular weight excluding hydrogens is 599 g/mol. The second-order valence-corrected chi connectivity index (χ2v) is 12.5. The SMILES string of the molecule is c1cc(-c2ccc3c(c2)oc2ccccc23)cc(N(c2ccccc2-c2ccc3ccccc3c2)c2cccc3oc4ccccc4c23)c1. The summed E-state index contributed by atoms with van der Waals surface area (Å²) in [7, 11) is 0. The first-order chi connectivity index (χ1) is 24.3. The minimum Gasteiger partial charge on any atom is -0.456 e. The van der Waals surface area contributed by atoms with Gasteiger partial charge in [0.05, 0.1) is 16.8 Å². The molecular formula is C46H29NO2. The van der Waals surface area contributed by atoms with Crippen LogP contribution < -0.4 is 4.90 Å². The van der Waals surface area contributed by atoms with E-state index in [2.05, 4.69) is 157 Å². The van der Waals surface area contributed by atoms with Crippen molar-refractivity contribution in [2.75, 3.05) is 4.90 Å². The fraction of sp³-hybridized carbons (Fsp3) is 0. The molecule has 0 aliphatic rings. The molecule has 10 aromatic rings. The molecule has 0 spiro atoms. The van der Waals surface area contributed by atoms with Gasteiger partial charge in [-0.15, -0.1) is 0 Å². The molecule has 0 atom stereocenters. The molecule has 8 aromatic carbocycles. The summed E-state index contributed by atoms with van der Waals surface area (Å²) < 4.78 is 12.7. The van der Waals surface area contributed by atoms with Crippen molar-refractivity contribution in [3.8, 4) is 22.3 Å². The Bertz CT molecular complexity index is 2860. The highest BCUT2D eigenvalue weighted by Gasteiger charge is 2.22. The number of hydrogen-bond acceptors (Lipinski definition) is 3. The lowest BCUT2D eigenvalue weighted by Crippen LogP contribution is -2.11. The third kappa shape index (κ3) is 4.51. The van der Waals surface area contributed by atoms with Crippen LogP contribution in [-0.2, 0) is 0 Å². The second-order valence-electron chi connectivity index (χ2n) is 12.5. The van der Waals surface area contributed by atoms with E-state index in [1.54, 1.807) is 0 Å². The van der Waals surface area contributed by atoms with E-state index in [0.717, 1.165) is 83.2 Å². The van der Waals surface area contributed by atoms with Crippen LogP contribution in [0.4, 0.5) is 17.1 Å². The van der Waals surface area contributed by atoms with Gasteiger partial charge in [0.15, 0.2) is 0 Å². The van der Waals surface area contributed by atoms with Crippen LogP contribution in [0.5, 0.6) is 0 Å². The van der Waals surface area contributed by atoms with Crippen molar-refractivity contribution >= 4 is 71.7 Å². The Balaban J connectivity index is 1.21. The third-order valence-corrected chi connectivity index (χ3v) is 9.64. The zero-order chi connectivity index (χ0) is 32.3. The van der Waals surface area contributed by atoms with Crippen molar-refractivity contribution in [3.63, 3.8) is 0 Å². The predicted molar refractivity (Wildman–Crippen MR) is 204 cm³/mol. The molecule has 3 nitrogen and oxygen atoms in total. The number of para-hydroxylation sites is 3. The van der Waals surface area contributed by atoms with E-state index < -0.39 is 0 Å². The molecule has 2 aromatic heterocycles. The minimum atomic E-state index is 0.860. The van der Waals surface area contributed by atoms with Gasteiger partial charge in [0.1, 0.15) is 22.3 Å². The van der Waals surface area contributed by atoms with E-state index in [9.17, 15) is 0 Å². The summed E-state index contributed by atoms with van der Waals surface area (Å²) in [6.07, 6.45) is 0. The maximum atomic E-state index is 6.40. The van der Waals surface area contributed by atoms with Crippen LogP contribution in [-0.4, -0.2) is 0 Å². The van der Waals surface area contributed by atoms with Crippen LogP contribution in [0.2, 0.25) is 0 Å². The number of furan rings is 2. The van der Waals surface area contributed by atoms with Gasteiger partial charge in [-0.2, -0.15) is 0 Å². The number of nitrogens with zero attached hydrogens (tertiary/aromatic N) is 1. The molecule has 10 rings (SSSR count). The Kier molecular flexibility index (Phi) is 6.18. The lowest BCUT2D eigenvalue weighted by atomic mass is 9.97. The average Bonchev–Trinajstić information content (AvgIpc) is 3.74. The number of rotatable bonds is 5. The van der Waals surface area contributed by atoms with E-state index in [1.165, 1.54) is 10.8 Å². The van der Waals surface area contributed by atoms with Crippen molar-refractivity contribution in [1.82, 2.24) is 0 Å². The molecule has 0 amide bonds. The Morgan fingerprint density at radius 3 is 1.90 bits per heavy atom. The van der Waals surface area contributed by atoms with Gasteiger partial charge < -0.3 is 13.7 Å². The fourth-order valence-electron chi connectivity index (χ4n) is 7.35. The van der Waals surface area contributed by atoms with Gasteiger partial charge >= 0.3 is 0 Å². The predicted octanol–water partition coefficient (Wildman–Crippen LogP) is 13.4. The van der Waals surface area contributed by atoms with E-state index >= 15 is 0 Å². The van der Waals surface area contributed by atoms with Crippen LogP contribution in [0.25, 0.3) is 76.9 Å². The second kappa shape index (κ2) is 11.0. The lowest BCUT2D eigenvalue weighted by molar-refractivity contribution is 0.668. The van der Waals surface area contributed by atoms with Crippen LogP contribution >= 0.6 is 0 Å². The summed E-state index contributed by atoms with van der Waals surface area (Å²) in [5.74, 6) is 0. The molecule has 0 bridgehead atoms. The van der Waals surface area contributed by atoms with E-state index in [-0.39, 0.29) is 0 Å². The van der Waals surface area contributed by atoms with Crippen molar-refractivity contribution < 1.29 is 8.83 Å². The van der Waals surface area contributed by atoms with Gasteiger partial charge in [-0.1, -0.05) is 115 Å². The van der Waals surface area contributed by atoms with Gasteiger partial charge in [-0.25, -0.2) is 0 Å². The quantitative estimate of drug-likeness (QED) is 0.190. The van der Waals surface area contributed by atoms with Gasteiger partial charge in [0.2, 0.25) is 0 Å². The smallest absolute Gasteiger partial charge is 0.137 e. The highest BCUT2D eigenvalue weighted by atomic mass is 16.3. The molecule has 0 N–H and O–H groups in total. The van der Waals surface area contributed by atoms with Crippen molar-refractivity contribution in [2.45, 2.75) is 0 Å². The first-order valence-electron chi connectivity index (χ1n) is 16.6. The standard InChI is InChI=1S/C46H29NO2/c1-2-12-31-27-34(24-23-30(31)11-1)36-15-3-6-18-40(36)47(41-19-10-22-44-46(41)39-17-5-8-21-43(39)48-44)35-14-9-13-32(28-35)33-25-26-38-37-16-4-7-20-42(37)49-45(38)29-33/h1-29H. The monoisotopic (exact) mass is 627 g/mol. The molecule has 0 radical (unpaired) electrons. The molecule has 0 aliphatic carbocycles. The summed E-state index contributed by atoms with van der Waals surface area (Å²) in [6, 6.07) is 62.2. The molecule has 0 unspecified atom stereocenters. The molecule has 0 aliphatic heterocycles. The Hall–Kier alpha value is -6.58. The third-order valence-electron chi connectivity index (χ3n) is 9.64. The normalized spacial score (nSPS) is 11.7.